The van der Waals surface area contributed by atoms with Crippen molar-refractivity contribution in [3.63, 3.8) is 0 Å². The zero-order valence-electron chi connectivity index (χ0n) is 11.1. The largest absolute Gasteiger partial charge is 0.442 e. The van der Waals surface area contributed by atoms with Gasteiger partial charge in [-0.15, -0.1) is 11.3 Å². The molecule has 0 saturated carbocycles. The number of benzene rings is 1. The highest BCUT2D eigenvalue weighted by Crippen LogP contribution is 2.29. The van der Waals surface area contributed by atoms with Gasteiger partial charge in [0, 0.05) is 10.7 Å². The number of hydrogen-bond donors (Lipinski definition) is 1. The lowest BCUT2D eigenvalue weighted by Crippen LogP contribution is -2.14. The number of nitrogens with zero attached hydrogens (tertiary/aromatic N) is 1. The summed E-state index contributed by atoms with van der Waals surface area (Å²) in [4.78, 5) is 17.3. The smallest absolute Gasteiger partial charge is 0.278 e. The van der Waals surface area contributed by atoms with E-state index in [2.05, 4.69) is 10.3 Å². The second-order valence-corrected chi connectivity index (χ2v) is 5.73. The lowest BCUT2D eigenvalue weighted by atomic mass is 10.2. The maximum Gasteiger partial charge on any atom is 0.278 e. The fourth-order valence-corrected chi connectivity index (χ4v) is 2.80. The lowest BCUT2D eigenvalue weighted by molar-refractivity contribution is 0.102. The van der Waals surface area contributed by atoms with Crippen LogP contribution in [0.4, 0.5) is 5.69 Å². The summed E-state index contributed by atoms with van der Waals surface area (Å²) >= 11 is 7.54. The molecule has 0 aliphatic rings. The van der Waals surface area contributed by atoms with E-state index in [1.54, 1.807) is 18.2 Å². The van der Waals surface area contributed by atoms with Gasteiger partial charge in [0.1, 0.15) is 0 Å². The molecule has 0 aliphatic heterocycles. The molecule has 0 unspecified atom stereocenters. The van der Waals surface area contributed by atoms with E-state index >= 15 is 0 Å². The van der Waals surface area contributed by atoms with E-state index in [1.165, 1.54) is 17.7 Å². The lowest BCUT2D eigenvalue weighted by Gasteiger charge is -2.08. The minimum Gasteiger partial charge on any atom is -0.442 e. The number of anilines is 1. The minimum absolute atomic E-state index is 0.261. The quantitative estimate of drug-likeness (QED) is 0.766. The molecule has 21 heavy (non-hydrogen) atoms. The molecule has 0 fully saturated rings. The van der Waals surface area contributed by atoms with Gasteiger partial charge in [-0.25, -0.2) is 4.98 Å². The number of oxazole rings is 1. The zero-order chi connectivity index (χ0) is 14.8. The summed E-state index contributed by atoms with van der Waals surface area (Å²) < 4.78 is 5.33. The Labute approximate surface area is 130 Å². The van der Waals surface area contributed by atoms with Crippen LogP contribution in [-0.4, -0.2) is 10.9 Å². The van der Waals surface area contributed by atoms with Crippen molar-refractivity contribution in [2.45, 2.75) is 6.92 Å². The third-order valence-corrected chi connectivity index (χ3v) is 4.32. The van der Waals surface area contributed by atoms with Crippen LogP contribution in [0.5, 0.6) is 0 Å². The molecule has 0 radical (unpaired) electrons. The molecule has 1 amide bonds. The van der Waals surface area contributed by atoms with Gasteiger partial charge in [-0.3, -0.25) is 4.79 Å². The van der Waals surface area contributed by atoms with E-state index in [0.717, 1.165) is 10.4 Å². The van der Waals surface area contributed by atoms with Crippen LogP contribution in [0.3, 0.4) is 0 Å². The Bertz CT molecular complexity index is 781. The van der Waals surface area contributed by atoms with Gasteiger partial charge in [0.15, 0.2) is 17.8 Å². The van der Waals surface area contributed by atoms with Crippen molar-refractivity contribution in [2.75, 3.05) is 5.32 Å². The molecule has 106 valence electrons. The SMILES string of the molecule is Cc1c(Cl)cccc1NC(=O)c1ncoc1-c1cccs1. The van der Waals surface area contributed by atoms with Crippen LogP contribution in [0.1, 0.15) is 16.1 Å². The summed E-state index contributed by atoms with van der Waals surface area (Å²) in [5, 5.41) is 5.34. The highest BCUT2D eigenvalue weighted by atomic mass is 35.5. The van der Waals surface area contributed by atoms with E-state index in [4.69, 9.17) is 16.0 Å². The van der Waals surface area contributed by atoms with Crippen molar-refractivity contribution >= 4 is 34.5 Å². The number of aromatic nitrogens is 1. The predicted molar refractivity (Wildman–Crippen MR) is 84.0 cm³/mol. The third kappa shape index (κ3) is 2.70. The molecule has 0 bridgehead atoms. The Morgan fingerprint density at radius 2 is 2.19 bits per heavy atom. The van der Waals surface area contributed by atoms with Crippen LogP contribution in [0, 0.1) is 6.92 Å². The second kappa shape index (κ2) is 5.71. The normalized spacial score (nSPS) is 10.6. The molecule has 1 N–H and O–H groups in total. The Hall–Kier alpha value is -2.11. The second-order valence-electron chi connectivity index (χ2n) is 4.37. The first-order chi connectivity index (χ1) is 10.2. The first-order valence-corrected chi connectivity index (χ1v) is 7.46. The molecule has 1 aromatic carbocycles. The Morgan fingerprint density at radius 1 is 1.33 bits per heavy atom. The van der Waals surface area contributed by atoms with Crippen LogP contribution >= 0.6 is 22.9 Å². The van der Waals surface area contributed by atoms with Crippen molar-refractivity contribution in [3.05, 3.63) is 58.4 Å². The Kier molecular flexibility index (Phi) is 3.77. The molecule has 3 rings (SSSR count). The maximum absolute atomic E-state index is 12.4. The van der Waals surface area contributed by atoms with Crippen LogP contribution in [0.2, 0.25) is 5.02 Å². The fourth-order valence-electron chi connectivity index (χ4n) is 1.91. The van der Waals surface area contributed by atoms with Crippen LogP contribution in [0.25, 0.3) is 10.6 Å². The molecule has 2 heterocycles. The average molecular weight is 319 g/mol. The molecule has 4 nitrogen and oxygen atoms in total. The summed E-state index contributed by atoms with van der Waals surface area (Å²) in [6, 6.07) is 9.13. The number of thiophene rings is 1. The van der Waals surface area contributed by atoms with E-state index in [9.17, 15) is 4.79 Å². The number of carbonyl (C=O) groups is 1. The van der Waals surface area contributed by atoms with Crippen molar-refractivity contribution < 1.29 is 9.21 Å². The average Bonchev–Trinajstić information content (AvgIpc) is 3.13. The zero-order valence-corrected chi connectivity index (χ0v) is 12.7. The van der Waals surface area contributed by atoms with Crippen LogP contribution < -0.4 is 5.32 Å². The van der Waals surface area contributed by atoms with Gasteiger partial charge < -0.3 is 9.73 Å². The first-order valence-electron chi connectivity index (χ1n) is 6.20. The first kappa shape index (κ1) is 13.9. The monoisotopic (exact) mass is 318 g/mol. The van der Waals surface area contributed by atoms with Crippen LogP contribution in [0.15, 0.2) is 46.5 Å². The molecule has 0 spiro atoms. The maximum atomic E-state index is 12.4. The van der Waals surface area contributed by atoms with E-state index in [1.807, 2.05) is 24.4 Å². The molecule has 3 aromatic rings. The van der Waals surface area contributed by atoms with E-state index < -0.39 is 0 Å². The van der Waals surface area contributed by atoms with Gasteiger partial charge in [-0.05, 0) is 36.1 Å². The number of rotatable bonds is 3. The molecular weight excluding hydrogens is 308 g/mol. The predicted octanol–water partition coefficient (Wildman–Crippen LogP) is 4.62. The van der Waals surface area contributed by atoms with Gasteiger partial charge in [0.2, 0.25) is 0 Å². The van der Waals surface area contributed by atoms with E-state index in [0.29, 0.717) is 16.5 Å². The molecule has 0 aliphatic carbocycles. The number of carbonyl (C=O) groups excluding carboxylic acids is 1. The summed E-state index contributed by atoms with van der Waals surface area (Å²) in [5.74, 6) is 0.152. The van der Waals surface area contributed by atoms with Gasteiger partial charge in [-0.1, -0.05) is 23.7 Å². The molecular formula is C15H11ClN2O2S. The summed E-state index contributed by atoms with van der Waals surface area (Å²) in [6.07, 6.45) is 1.27. The summed E-state index contributed by atoms with van der Waals surface area (Å²) in [6.45, 7) is 1.85. The van der Waals surface area contributed by atoms with E-state index in [-0.39, 0.29) is 11.6 Å². The summed E-state index contributed by atoms with van der Waals surface area (Å²) in [5.41, 5.74) is 1.73. The molecule has 0 saturated heterocycles. The minimum atomic E-state index is -0.322. The molecule has 0 atom stereocenters. The highest BCUT2D eigenvalue weighted by molar-refractivity contribution is 7.13. The van der Waals surface area contributed by atoms with Crippen LogP contribution in [-0.2, 0) is 0 Å². The Balaban J connectivity index is 1.90. The number of amides is 1. The molecule has 2 aromatic heterocycles. The van der Waals surface area contributed by atoms with Gasteiger partial charge in [-0.2, -0.15) is 0 Å². The van der Waals surface area contributed by atoms with Gasteiger partial charge >= 0.3 is 0 Å². The van der Waals surface area contributed by atoms with Crippen molar-refractivity contribution in [1.82, 2.24) is 4.98 Å². The van der Waals surface area contributed by atoms with Crippen molar-refractivity contribution in [2.24, 2.45) is 0 Å². The standard InChI is InChI=1S/C15H11ClN2O2S/c1-9-10(16)4-2-5-11(9)18-15(19)13-14(20-8-17-13)12-6-3-7-21-12/h2-8H,1H3,(H,18,19). The molecule has 6 heteroatoms. The third-order valence-electron chi connectivity index (χ3n) is 3.04. The number of hydrogen-bond acceptors (Lipinski definition) is 4. The highest BCUT2D eigenvalue weighted by Gasteiger charge is 2.19. The van der Waals surface area contributed by atoms with Crippen molar-refractivity contribution in [3.8, 4) is 10.6 Å². The Morgan fingerprint density at radius 3 is 2.95 bits per heavy atom. The van der Waals surface area contributed by atoms with Gasteiger partial charge in [0.25, 0.3) is 5.91 Å². The fraction of sp³-hybridized carbons (Fsp3) is 0.0667. The number of nitrogens with one attached hydrogen (secondary N) is 1. The van der Waals surface area contributed by atoms with Gasteiger partial charge in [0.05, 0.1) is 4.88 Å². The van der Waals surface area contributed by atoms with Crippen molar-refractivity contribution in [1.29, 1.82) is 0 Å². The topological polar surface area (TPSA) is 55.1 Å². The number of halogens is 1. The summed E-state index contributed by atoms with van der Waals surface area (Å²) in [7, 11) is 0.